The van der Waals surface area contributed by atoms with Crippen LogP contribution in [0.4, 0.5) is 0 Å². The minimum absolute atomic E-state index is 0.691. The Balaban J connectivity index is 1.78. The van der Waals surface area contributed by atoms with E-state index in [0.29, 0.717) is 5.56 Å². The summed E-state index contributed by atoms with van der Waals surface area (Å²) in [6.45, 7) is 0.719. The Kier molecular flexibility index (Phi) is 3.86. The summed E-state index contributed by atoms with van der Waals surface area (Å²) in [5, 5.41) is 11.2. The van der Waals surface area contributed by atoms with Gasteiger partial charge in [0.1, 0.15) is 5.82 Å². The van der Waals surface area contributed by atoms with E-state index in [1.807, 2.05) is 30.3 Å². The van der Waals surface area contributed by atoms with Gasteiger partial charge in [0.25, 0.3) is 0 Å². The van der Waals surface area contributed by atoms with Gasteiger partial charge in [0, 0.05) is 17.8 Å². The maximum atomic E-state index is 9.12. The van der Waals surface area contributed by atoms with Crippen LogP contribution in [0.15, 0.2) is 66.0 Å². The lowest BCUT2D eigenvalue weighted by Crippen LogP contribution is -2.05. The molecule has 4 rings (SSSR count). The van der Waals surface area contributed by atoms with Gasteiger partial charge in [-0.15, -0.1) is 11.3 Å². The lowest BCUT2D eigenvalue weighted by Gasteiger charge is -2.09. The van der Waals surface area contributed by atoms with Crippen molar-refractivity contribution in [3.63, 3.8) is 0 Å². The average molecular weight is 329 g/mol. The van der Waals surface area contributed by atoms with Crippen LogP contribution >= 0.6 is 11.3 Å². The third kappa shape index (κ3) is 2.82. The fourth-order valence-corrected chi connectivity index (χ4v) is 3.63. The van der Waals surface area contributed by atoms with Crippen molar-refractivity contribution in [1.82, 2.24) is 9.55 Å². The molecule has 24 heavy (non-hydrogen) atoms. The first-order chi connectivity index (χ1) is 11.8. The molecule has 0 aliphatic rings. The number of thiophene rings is 1. The zero-order valence-corrected chi connectivity index (χ0v) is 13.8. The van der Waals surface area contributed by atoms with Gasteiger partial charge in [-0.05, 0) is 41.3 Å². The van der Waals surface area contributed by atoms with Crippen LogP contribution in [0.2, 0.25) is 0 Å². The van der Waals surface area contributed by atoms with E-state index in [0.717, 1.165) is 35.4 Å². The van der Waals surface area contributed by atoms with Gasteiger partial charge in [0.05, 0.1) is 22.7 Å². The molecule has 4 aromatic rings. The van der Waals surface area contributed by atoms with Crippen molar-refractivity contribution >= 4 is 22.4 Å². The summed E-state index contributed by atoms with van der Waals surface area (Å²) in [7, 11) is 0. The van der Waals surface area contributed by atoms with E-state index in [9.17, 15) is 0 Å². The molecule has 0 spiro atoms. The summed E-state index contributed by atoms with van der Waals surface area (Å²) in [4.78, 5) is 6.13. The van der Waals surface area contributed by atoms with Crippen LogP contribution < -0.4 is 0 Å². The zero-order valence-electron chi connectivity index (χ0n) is 13.0. The molecular weight excluding hydrogens is 314 g/mol. The van der Waals surface area contributed by atoms with Gasteiger partial charge in [-0.2, -0.15) is 5.26 Å². The fourth-order valence-electron chi connectivity index (χ4n) is 2.93. The Morgan fingerprint density at radius 1 is 1.04 bits per heavy atom. The number of hydrogen-bond donors (Lipinski definition) is 0. The number of benzene rings is 2. The zero-order chi connectivity index (χ0) is 16.4. The normalized spacial score (nSPS) is 10.8. The molecule has 0 bridgehead atoms. The standard InChI is InChI=1S/C20H15N3S/c21-13-15-5-3-6-16(11-15)14-23-19-9-2-1-8-18(19)22-20(23)12-17-7-4-10-24-17/h1-11H,12,14H2. The Hall–Kier alpha value is -2.90. The SMILES string of the molecule is N#Cc1cccc(Cn2c(Cc3cccs3)nc3ccccc32)c1. The van der Waals surface area contributed by atoms with E-state index in [2.05, 4.69) is 46.3 Å². The number of rotatable bonds is 4. The maximum absolute atomic E-state index is 9.12. The molecule has 4 heteroatoms. The number of hydrogen-bond acceptors (Lipinski definition) is 3. The van der Waals surface area contributed by atoms with Crippen molar-refractivity contribution in [1.29, 1.82) is 5.26 Å². The molecule has 0 saturated carbocycles. The molecule has 0 fully saturated rings. The second kappa shape index (κ2) is 6.31. The fraction of sp³-hybridized carbons (Fsp3) is 0.100. The topological polar surface area (TPSA) is 41.6 Å². The smallest absolute Gasteiger partial charge is 0.115 e. The molecule has 0 atom stereocenters. The van der Waals surface area contributed by atoms with Gasteiger partial charge < -0.3 is 4.57 Å². The van der Waals surface area contributed by atoms with Crippen molar-refractivity contribution in [3.8, 4) is 6.07 Å². The summed E-state index contributed by atoms with van der Waals surface area (Å²) in [6.07, 6.45) is 0.824. The Morgan fingerprint density at radius 3 is 2.79 bits per heavy atom. The Bertz CT molecular complexity index is 1020. The molecule has 0 saturated heterocycles. The quantitative estimate of drug-likeness (QED) is 0.549. The van der Waals surface area contributed by atoms with Gasteiger partial charge >= 0.3 is 0 Å². The summed E-state index contributed by atoms with van der Waals surface area (Å²) in [5.41, 5.74) is 3.95. The summed E-state index contributed by atoms with van der Waals surface area (Å²) < 4.78 is 2.26. The van der Waals surface area contributed by atoms with Crippen LogP contribution in [-0.4, -0.2) is 9.55 Å². The third-order valence-electron chi connectivity index (χ3n) is 4.04. The van der Waals surface area contributed by atoms with Crippen molar-refractivity contribution in [3.05, 3.63) is 87.9 Å². The van der Waals surface area contributed by atoms with Gasteiger partial charge in [-0.25, -0.2) is 4.98 Å². The lowest BCUT2D eigenvalue weighted by atomic mass is 10.1. The summed E-state index contributed by atoms with van der Waals surface area (Å²) in [6, 6.07) is 22.4. The second-order valence-corrected chi connectivity index (χ2v) is 6.70. The molecule has 116 valence electrons. The maximum Gasteiger partial charge on any atom is 0.115 e. The van der Waals surface area contributed by atoms with Crippen LogP contribution in [0.3, 0.4) is 0 Å². The van der Waals surface area contributed by atoms with E-state index < -0.39 is 0 Å². The molecule has 0 unspecified atom stereocenters. The van der Waals surface area contributed by atoms with Crippen molar-refractivity contribution in [2.24, 2.45) is 0 Å². The largest absolute Gasteiger partial charge is 0.323 e. The predicted octanol–water partition coefficient (Wildman–Crippen LogP) is 4.61. The molecular formula is C20H15N3S. The average Bonchev–Trinajstić information content (AvgIpc) is 3.24. The summed E-state index contributed by atoms with van der Waals surface area (Å²) in [5.74, 6) is 1.06. The van der Waals surface area contributed by atoms with Gasteiger partial charge in [0.15, 0.2) is 0 Å². The van der Waals surface area contributed by atoms with Crippen LogP contribution in [0.5, 0.6) is 0 Å². The van der Waals surface area contributed by atoms with E-state index in [1.54, 1.807) is 11.3 Å². The number of aromatic nitrogens is 2. The first-order valence-corrected chi connectivity index (χ1v) is 8.67. The first kappa shape index (κ1) is 14.7. The number of nitriles is 1. The molecule has 0 N–H and O–H groups in total. The van der Waals surface area contributed by atoms with E-state index in [4.69, 9.17) is 10.2 Å². The van der Waals surface area contributed by atoms with Crippen LogP contribution in [0, 0.1) is 11.3 Å². The van der Waals surface area contributed by atoms with Crippen LogP contribution in [-0.2, 0) is 13.0 Å². The minimum Gasteiger partial charge on any atom is -0.323 e. The van der Waals surface area contributed by atoms with E-state index >= 15 is 0 Å². The third-order valence-corrected chi connectivity index (χ3v) is 4.92. The highest BCUT2D eigenvalue weighted by Gasteiger charge is 2.12. The van der Waals surface area contributed by atoms with Crippen molar-refractivity contribution in [2.45, 2.75) is 13.0 Å². The number of para-hydroxylation sites is 2. The molecule has 0 aliphatic carbocycles. The van der Waals surface area contributed by atoms with Gasteiger partial charge in [-0.1, -0.05) is 30.3 Å². The Morgan fingerprint density at radius 2 is 1.96 bits per heavy atom. The number of nitrogens with zero attached hydrogens (tertiary/aromatic N) is 3. The number of fused-ring (bicyclic) bond motifs is 1. The minimum atomic E-state index is 0.691. The first-order valence-electron chi connectivity index (χ1n) is 7.79. The molecule has 0 amide bonds. The van der Waals surface area contributed by atoms with Gasteiger partial charge in [0.2, 0.25) is 0 Å². The molecule has 0 radical (unpaired) electrons. The van der Waals surface area contributed by atoms with E-state index in [-0.39, 0.29) is 0 Å². The van der Waals surface area contributed by atoms with Crippen LogP contribution in [0.25, 0.3) is 11.0 Å². The molecule has 0 aliphatic heterocycles. The second-order valence-electron chi connectivity index (χ2n) is 5.67. The van der Waals surface area contributed by atoms with Crippen molar-refractivity contribution < 1.29 is 0 Å². The van der Waals surface area contributed by atoms with Gasteiger partial charge in [-0.3, -0.25) is 0 Å². The monoisotopic (exact) mass is 329 g/mol. The lowest BCUT2D eigenvalue weighted by molar-refractivity contribution is 0.765. The summed E-state index contributed by atoms with van der Waals surface area (Å²) >= 11 is 1.75. The molecule has 2 heterocycles. The molecule has 2 aromatic carbocycles. The Labute approximate surface area is 144 Å². The highest BCUT2D eigenvalue weighted by atomic mass is 32.1. The highest BCUT2D eigenvalue weighted by Crippen LogP contribution is 2.22. The predicted molar refractivity (Wildman–Crippen MR) is 97.1 cm³/mol. The molecule has 2 aromatic heterocycles. The molecule has 3 nitrogen and oxygen atoms in total. The highest BCUT2D eigenvalue weighted by molar-refractivity contribution is 7.09. The van der Waals surface area contributed by atoms with Crippen LogP contribution in [0.1, 0.15) is 21.8 Å². The van der Waals surface area contributed by atoms with Crippen molar-refractivity contribution in [2.75, 3.05) is 0 Å². The van der Waals surface area contributed by atoms with E-state index in [1.165, 1.54) is 4.88 Å². The number of imidazole rings is 1.